The first kappa shape index (κ1) is 12.8. The van der Waals surface area contributed by atoms with Crippen molar-refractivity contribution in [1.82, 2.24) is 9.78 Å². The Hall–Kier alpha value is -1.68. The molecular weight excluding hydrogens is 250 g/mol. The number of aromatic nitrogens is 2. The highest BCUT2D eigenvalue weighted by molar-refractivity contribution is 6.31. The molecule has 1 heterocycles. The third-order valence-corrected chi connectivity index (χ3v) is 3.33. The molecule has 18 heavy (non-hydrogen) atoms. The second-order valence-electron chi connectivity index (χ2n) is 4.28. The van der Waals surface area contributed by atoms with Crippen LogP contribution in [-0.4, -0.2) is 9.78 Å². The number of nitrogens with zero attached hydrogens (tertiary/aromatic N) is 2. The van der Waals surface area contributed by atoms with E-state index in [1.165, 1.54) is 0 Å². The quantitative estimate of drug-likeness (QED) is 0.869. The van der Waals surface area contributed by atoms with Gasteiger partial charge in [-0.3, -0.25) is 4.68 Å². The Morgan fingerprint density at radius 3 is 2.72 bits per heavy atom. The van der Waals surface area contributed by atoms with Gasteiger partial charge >= 0.3 is 0 Å². The molecule has 0 bridgehead atoms. The highest BCUT2D eigenvalue weighted by Crippen LogP contribution is 2.24. The molecule has 0 unspecified atom stereocenters. The number of halogens is 1. The van der Waals surface area contributed by atoms with E-state index < -0.39 is 0 Å². The zero-order chi connectivity index (χ0) is 13.3. The molecule has 0 saturated carbocycles. The Morgan fingerprint density at radius 1 is 1.39 bits per heavy atom. The lowest BCUT2D eigenvalue weighted by Crippen LogP contribution is -2.04. The van der Waals surface area contributed by atoms with Crippen molar-refractivity contribution in [3.8, 4) is 5.75 Å². The van der Waals surface area contributed by atoms with Gasteiger partial charge in [0.15, 0.2) is 0 Å². The van der Waals surface area contributed by atoms with E-state index >= 15 is 0 Å². The molecule has 2 rings (SSSR count). The second kappa shape index (κ2) is 4.90. The molecular formula is C13H16ClN3O. The number of nitrogens with two attached hydrogens (primary N) is 1. The Kier molecular flexibility index (Phi) is 3.48. The summed E-state index contributed by atoms with van der Waals surface area (Å²) >= 11 is 6.16. The molecule has 0 aliphatic carbocycles. The van der Waals surface area contributed by atoms with Crippen LogP contribution in [0.4, 0.5) is 5.69 Å². The van der Waals surface area contributed by atoms with Gasteiger partial charge < -0.3 is 10.5 Å². The van der Waals surface area contributed by atoms with Crippen molar-refractivity contribution >= 4 is 17.3 Å². The van der Waals surface area contributed by atoms with E-state index in [4.69, 9.17) is 22.1 Å². The number of benzene rings is 1. The SMILES string of the molecule is Cc1ccc(N)cc1OCc1c(Cl)c(C)nn1C. The Balaban J connectivity index is 2.19. The Labute approximate surface area is 111 Å². The fourth-order valence-electron chi connectivity index (χ4n) is 1.76. The van der Waals surface area contributed by atoms with E-state index in [1.807, 2.05) is 39.1 Å². The predicted octanol–water partition coefficient (Wildman–Crippen LogP) is 2.85. The lowest BCUT2D eigenvalue weighted by Gasteiger charge is -2.10. The average molecular weight is 266 g/mol. The van der Waals surface area contributed by atoms with Gasteiger partial charge in [0.05, 0.1) is 16.4 Å². The van der Waals surface area contributed by atoms with Crippen LogP contribution in [0.2, 0.25) is 5.02 Å². The van der Waals surface area contributed by atoms with Crippen molar-refractivity contribution < 1.29 is 4.74 Å². The number of hydrogen-bond donors (Lipinski definition) is 1. The molecule has 96 valence electrons. The van der Waals surface area contributed by atoms with Gasteiger partial charge in [-0.15, -0.1) is 0 Å². The second-order valence-corrected chi connectivity index (χ2v) is 4.66. The van der Waals surface area contributed by atoms with Crippen molar-refractivity contribution in [2.24, 2.45) is 7.05 Å². The lowest BCUT2D eigenvalue weighted by atomic mass is 10.2. The minimum absolute atomic E-state index is 0.375. The Morgan fingerprint density at radius 2 is 2.11 bits per heavy atom. The van der Waals surface area contributed by atoms with Crippen LogP contribution in [0.25, 0.3) is 0 Å². The predicted molar refractivity (Wildman–Crippen MR) is 72.9 cm³/mol. The van der Waals surface area contributed by atoms with Crippen LogP contribution in [0.3, 0.4) is 0 Å². The summed E-state index contributed by atoms with van der Waals surface area (Å²) in [5.41, 5.74) is 9.13. The van der Waals surface area contributed by atoms with Crippen molar-refractivity contribution in [1.29, 1.82) is 0 Å². The summed E-state index contributed by atoms with van der Waals surface area (Å²) in [5.74, 6) is 0.768. The maximum absolute atomic E-state index is 6.16. The number of hydrogen-bond acceptors (Lipinski definition) is 3. The van der Waals surface area contributed by atoms with Gasteiger partial charge in [0.1, 0.15) is 12.4 Å². The minimum atomic E-state index is 0.375. The number of aryl methyl sites for hydroxylation is 3. The summed E-state index contributed by atoms with van der Waals surface area (Å²) in [4.78, 5) is 0. The summed E-state index contributed by atoms with van der Waals surface area (Å²) in [5, 5.41) is 4.89. The monoisotopic (exact) mass is 265 g/mol. The third-order valence-electron chi connectivity index (χ3n) is 2.84. The van der Waals surface area contributed by atoms with Gasteiger partial charge in [0.2, 0.25) is 0 Å². The summed E-state index contributed by atoms with van der Waals surface area (Å²) in [6.45, 7) is 4.23. The van der Waals surface area contributed by atoms with Crippen LogP contribution in [0.1, 0.15) is 17.0 Å². The number of ether oxygens (including phenoxy) is 1. The highest BCUT2D eigenvalue weighted by atomic mass is 35.5. The van der Waals surface area contributed by atoms with Gasteiger partial charge in [-0.05, 0) is 25.5 Å². The maximum Gasteiger partial charge on any atom is 0.131 e. The van der Waals surface area contributed by atoms with E-state index in [0.29, 0.717) is 17.3 Å². The first-order valence-electron chi connectivity index (χ1n) is 5.66. The van der Waals surface area contributed by atoms with Crippen LogP contribution < -0.4 is 10.5 Å². The molecule has 0 amide bonds. The van der Waals surface area contributed by atoms with Gasteiger partial charge in [-0.25, -0.2) is 0 Å². The highest BCUT2D eigenvalue weighted by Gasteiger charge is 2.12. The van der Waals surface area contributed by atoms with E-state index in [0.717, 1.165) is 22.7 Å². The molecule has 0 spiro atoms. The van der Waals surface area contributed by atoms with Crippen LogP contribution in [0.15, 0.2) is 18.2 Å². The first-order chi connectivity index (χ1) is 8.49. The topological polar surface area (TPSA) is 53.1 Å². The molecule has 1 aromatic carbocycles. The van der Waals surface area contributed by atoms with Crippen LogP contribution in [0, 0.1) is 13.8 Å². The fourth-order valence-corrected chi connectivity index (χ4v) is 1.97. The largest absolute Gasteiger partial charge is 0.487 e. The molecule has 0 fully saturated rings. The molecule has 2 aromatic rings. The molecule has 4 nitrogen and oxygen atoms in total. The number of anilines is 1. The molecule has 2 N–H and O–H groups in total. The van der Waals surface area contributed by atoms with Crippen LogP contribution >= 0.6 is 11.6 Å². The van der Waals surface area contributed by atoms with Crippen LogP contribution in [-0.2, 0) is 13.7 Å². The molecule has 0 aliphatic rings. The average Bonchev–Trinajstić information content (AvgIpc) is 2.55. The minimum Gasteiger partial charge on any atom is -0.487 e. The lowest BCUT2D eigenvalue weighted by molar-refractivity contribution is 0.293. The summed E-state index contributed by atoms with van der Waals surface area (Å²) in [6, 6.07) is 5.59. The molecule has 0 aliphatic heterocycles. The van der Waals surface area contributed by atoms with Crippen molar-refractivity contribution in [3.05, 3.63) is 40.2 Å². The van der Waals surface area contributed by atoms with Gasteiger partial charge in [-0.1, -0.05) is 17.7 Å². The summed E-state index contributed by atoms with van der Waals surface area (Å²) in [7, 11) is 1.85. The fraction of sp³-hybridized carbons (Fsp3) is 0.308. The van der Waals surface area contributed by atoms with Gasteiger partial charge in [0.25, 0.3) is 0 Å². The van der Waals surface area contributed by atoms with E-state index in [1.54, 1.807) is 4.68 Å². The zero-order valence-corrected chi connectivity index (χ0v) is 11.5. The third kappa shape index (κ3) is 2.43. The summed E-state index contributed by atoms with van der Waals surface area (Å²) < 4.78 is 7.49. The normalized spacial score (nSPS) is 10.7. The van der Waals surface area contributed by atoms with E-state index in [9.17, 15) is 0 Å². The molecule has 0 atom stereocenters. The molecule has 0 radical (unpaired) electrons. The smallest absolute Gasteiger partial charge is 0.131 e. The Bertz CT molecular complexity index is 578. The van der Waals surface area contributed by atoms with Crippen molar-refractivity contribution in [2.75, 3.05) is 5.73 Å². The number of nitrogen functional groups attached to an aromatic ring is 1. The molecule has 5 heteroatoms. The van der Waals surface area contributed by atoms with Crippen molar-refractivity contribution in [2.45, 2.75) is 20.5 Å². The zero-order valence-electron chi connectivity index (χ0n) is 10.7. The van der Waals surface area contributed by atoms with Gasteiger partial charge in [0, 0.05) is 18.8 Å². The first-order valence-corrected chi connectivity index (χ1v) is 6.03. The summed E-state index contributed by atoms with van der Waals surface area (Å²) in [6.07, 6.45) is 0. The van der Waals surface area contributed by atoms with Crippen molar-refractivity contribution in [3.63, 3.8) is 0 Å². The van der Waals surface area contributed by atoms with Gasteiger partial charge in [-0.2, -0.15) is 5.10 Å². The standard InChI is InChI=1S/C13H16ClN3O/c1-8-4-5-10(15)6-12(8)18-7-11-13(14)9(2)16-17(11)3/h4-6H,7,15H2,1-3H3. The van der Waals surface area contributed by atoms with Crippen LogP contribution in [0.5, 0.6) is 5.75 Å². The maximum atomic E-state index is 6.16. The number of rotatable bonds is 3. The molecule has 0 saturated heterocycles. The van der Waals surface area contributed by atoms with E-state index in [-0.39, 0.29) is 0 Å². The van der Waals surface area contributed by atoms with E-state index in [2.05, 4.69) is 5.10 Å². The molecule has 1 aromatic heterocycles.